The quantitative estimate of drug-likeness (QED) is 0.565. The number of hydrogen-bond donors (Lipinski definition) is 0. The molecule has 2 aromatic carbocycles. The smallest absolute Gasteiger partial charge is 0.250 e. The molecule has 2 saturated carbocycles. The van der Waals surface area contributed by atoms with Crippen LogP contribution in [0.2, 0.25) is 0 Å². The summed E-state index contributed by atoms with van der Waals surface area (Å²) in [5.74, 6) is 0.344. The average molecular weight is 429 g/mol. The lowest BCUT2D eigenvalue weighted by Gasteiger charge is -2.68. The van der Waals surface area contributed by atoms with Crippen LogP contribution in [0.4, 0.5) is 0 Å². The SMILES string of the molecule is O=C1N(N2C(=O)C3(CCCCC3)C2c2ccccc2)C(c2ccccc2)C12CCCCC2. The highest BCUT2D eigenvalue weighted by Crippen LogP contribution is 2.65. The number of benzene rings is 2. The van der Waals surface area contributed by atoms with E-state index in [2.05, 4.69) is 48.5 Å². The summed E-state index contributed by atoms with van der Waals surface area (Å²) in [6.07, 6.45) is 10.5. The molecule has 2 aliphatic carbocycles. The normalized spacial score (nSPS) is 28.5. The molecule has 2 atom stereocenters. The third kappa shape index (κ3) is 2.61. The van der Waals surface area contributed by atoms with Crippen LogP contribution in [0.25, 0.3) is 0 Å². The van der Waals surface area contributed by atoms with E-state index in [1.165, 1.54) is 24.0 Å². The zero-order valence-corrected chi connectivity index (χ0v) is 18.7. The Hall–Kier alpha value is -2.62. The van der Waals surface area contributed by atoms with E-state index in [4.69, 9.17) is 0 Å². The average Bonchev–Trinajstić information content (AvgIpc) is 2.87. The Bertz CT molecular complexity index is 923. The van der Waals surface area contributed by atoms with Crippen LogP contribution in [0.1, 0.15) is 87.4 Å². The molecule has 6 rings (SSSR count). The fourth-order valence-electron chi connectivity index (χ4n) is 7.24. The highest BCUT2D eigenvalue weighted by atomic mass is 16.2. The maximum Gasteiger partial charge on any atom is 0.250 e. The predicted octanol–water partition coefficient (Wildman–Crippen LogP) is 5.97. The summed E-state index contributed by atoms with van der Waals surface area (Å²) < 4.78 is 0. The molecule has 2 saturated heterocycles. The van der Waals surface area contributed by atoms with Crippen LogP contribution >= 0.6 is 0 Å². The fraction of sp³-hybridized carbons (Fsp3) is 0.500. The molecule has 166 valence electrons. The zero-order chi connectivity index (χ0) is 21.8. The van der Waals surface area contributed by atoms with Gasteiger partial charge in [-0.25, -0.2) is 10.0 Å². The second-order valence-electron chi connectivity index (χ2n) is 10.4. The molecule has 4 nitrogen and oxygen atoms in total. The van der Waals surface area contributed by atoms with Gasteiger partial charge in [-0.15, -0.1) is 0 Å². The number of β-lactam (4-membered cyclic amide) rings is 2. The molecule has 2 unspecified atom stereocenters. The van der Waals surface area contributed by atoms with Crippen LogP contribution < -0.4 is 0 Å². The van der Waals surface area contributed by atoms with Crippen molar-refractivity contribution in [3.8, 4) is 0 Å². The lowest BCUT2D eigenvalue weighted by Crippen LogP contribution is -2.77. The van der Waals surface area contributed by atoms with Crippen LogP contribution in [0.3, 0.4) is 0 Å². The fourth-order valence-corrected chi connectivity index (χ4v) is 7.24. The second-order valence-corrected chi connectivity index (χ2v) is 10.4. The predicted molar refractivity (Wildman–Crippen MR) is 123 cm³/mol. The Morgan fingerprint density at radius 1 is 0.531 bits per heavy atom. The number of nitrogens with zero attached hydrogens (tertiary/aromatic N) is 2. The van der Waals surface area contributed by atoms with Crippen molar-refractivity contribution in [3.05, 3.63) is 71.8 Å². The molecule has 0 aromatic heterocycles. The van der Waals surface area contributed by atoms with Crippen LogP contribution in [0.15, 0.2) is 60.7 Å². The van der Waals surface area contributed by atoms with Crippen molar-refractivity contribution in [1.29, 1.82) is 0 Å². The molecule has 2 heterocycles. The lowest BCUT2D eigenvalue weighted by molar-refractivity contribution is -0.264. The van der Waals surface area contributed by atoms with Gasteiger partial charge in [0.1, 0.15) is 0 Å². The number of carbonyl (C=O) groups is 2. The summed E-state index contributed by atoms with van der Waals surface area (Å²) in [5, 5.41) is 3.75. The first-order valence-corrected chi connectivity index (χ1v) is 12.5. The minimum Gasteiger partial charge on any atom is -0.272 e. The molecule has 4 aliphatic rings. The van der Waals surface area contributed by atoms with E-state index in [1.807, 2.05) is 22.2 Å². The molecule has 2 spiro atoms. The van der Waals surface area contributed by atoms with Crippen LogP contribution in [0, 0.1) is 10.8 Å². The number of carbonyl (C=O) groups excluding carboxylic acids is 2. The van der Waals surface area contributed by atoms with E-state index in [1.54, 1.807) is 0 Å². The summed E-state index contributed by atoms with van der Waals surface area (Å²) in [4.78, 5) is 27.8. The van der Waals surface area contributed by atoms with Gasteiger partial charge in [-0.1, -0.05) is 99.2 Å². The first-order valence-electron chi connectivity index (χ1n) is 12.5. The van der Waals surface area contributed by atoms with Crippen molar-refractivity contribution in [1.82, 2.24) is 10.0 Å². The van der Waals surface area contributed by atoms with Gasteiger partial charge in [0.05, 0.1) is 22.9 Å². The Kier molecular flexibility index (Phi) is 4.67. The first-order chi connectivity index (χ1) is 15.7. The molecular formula is C28H32N2O2. The number of hydrazine groups is 1. The zero-order valence-electron chi connectivity index (χ0n) is 18.7. The van der Waals surface area contributed by atoms with Crippen LogP contribution in [0.5, 0.6) is 0 Å². The highest BCUT2D eigenvalue weighted by Gasteiger charge is 2.71. The molecule has 4 fully saturated rings. The summed E-state index contributed by atoms with van der Waals surface area (Å²) >= 11 is 0. The second kappa shape index (κ2) is 7.47. The van der Waals surface area contributed by atoms with Crippen LogP contribution in [-0.2, 0) is 9.59 Å². The summed E-state index contributed by atoms with van der Waals surface area (Å²) in [6, 6.07) is 20.8. The molecule has 32 heavy (non-hydrogen) atoms. The number of amides is 2. The third-order valence-corrected chi connectivity index (χ3v) is 8.76. The monoisotopic (exact) mass is 428 g/mol. The Morgan fingerprint density at radius 2 is 0.875 bits per heavy atom. The van der Waals surface area contributed by atoms with E-state index < -0.39 is 0 Å². The van der Waals surface area contributed by atoms with Crippen molar-refractivity contribution in [2.24, 2.45) is 10.8 Å². The molecule has 2 aliphatic heterocycles. The molecular weight excluding hydrogens is 396 g/mol. The summed E-state index contributed by atoms with van der Waals surface area (Å²) in [7, 11) is 0. The maximum atomic E-state index is 13.9. The number of rotatable bonds is 3. The van der Waals surface area contributed by atoms with Gasteiger partial charge in [-0.3, -0.25) is 9.59 Å². The largest absolute Gasteiger partial charge is 0.272 e. The van der Waals surface area contributed by atoms with Gasteiger partial charge < -0.3 is 0 Å². The van der Waals surface area contributed by atoms with Crippen molar-refractivity contribution in [3.63, 3.8) is 0 Å². The van der Waals surface area contributed by atoms with Gasteiger partial charge in [0.15, 0.2) is 0 Å². The molecule has 0 bridgehead atoms. The Morgan fingerprint density at radius 3 is 1.22 bits per heavy atom. The maximum absolute atomic E-state index is 13.9. The van der Waals surface area contributed by atoms with Crippen molar-refractivity contribution >= 4 is 11.8 Å². The van der Waals surface area contributed by atoms with Gasteiger partial charge in [0.25, 0.3) is 11.8 Å². The van der Waals surface area contributed by atoms with E-state index in [-0.39, 0.29) is 34.7 Å². The minimum absolute atomic E-state index is 0.0346. The third-order valence-electron chi connectivity index (χ3n) is 8.76. The van der Waals surface area contributed by atoms with E-state index in [9.17, 15) is 9.59 Å². The Labute approximate surface area is 190 Å². The summed E-state index contributed by atoms with van der Waals surface area (Å²) in [5.41, 5.74) is 1.66. The van der Waals surface area contributed by atoms with E-state index in [0.717, 1.165) is 51.4 Å². The minimum atomic E-state index is -0.337. The van der Waals surface area contributed by atoms with Crippen molar-refractivity contribution in [2.45, 2.75) is 76.3 Å². The molecule has 4 heteroatoms. The molecule has 0 radical (unpaired) electrons. The van der Waals surface area contributed by atoms with Gasteiger partial charge in [-0.05, 0) is 36.8 Å². The molecule has 2 aromatic rings. The van der Waals surface area contributed by atoms with Crippen molar-refractivity contribution in [2.75, 3.05) is 0 Å². The highest BCUT2D eigenvalue weighted by molar-refractivity contribution is 5.97. The standard InChI is InChI=1S/C28H32N2O2/c31-25-27(17-9-3-10-18-27)23(21-13-5-1-6-14-21)29(25)30-24(22-15-7-2-8-16-22)28(26(30)32)19-11-4-12-20-28/h1-2,5-8,13-16,23-24H,3-4,9-12,17-20H2. The Balaban J connectivity index is 1.43. The van der Waals surface area contributed by atoms with E-state index >= 15 is 0 Å². The van der Waals surface area contributed by atoms with Crippen LogP contribution in [-0.4, -0.2) is 21.8 Å². The summed E-state index contributed by atoms with van der Waals surface area (Å²) in [6.45, 7) is 0. The van der Waals surface area contributed by atoms with E-state index in [0.29, 0.717) is 0 Å². The topological polar surface area (TPSA) is 40.6 Å². The van der Waals surface area contributed by atoms with Gasteiger partial charge in [0.2, 0.25) is 0 Å². The number of hydrogen-bond acceptors (Lipinski definition) is 2. The lowest BCUT2D eigenvalue weighted by atomic mass is 9.58. The molecule has 0 N–H and O–H groups in total. The van der Waals surface area contributed by atoms with Gasteiger partial charge >= 0.3 is 0 Å². The molecule has 2 amide bonds. The van der Waals surface area contributed by atoms with Gasteiger partial charge in [0, 0.05) is 0 Å². The van der Waals surface area contributed by atoms with Gasteiger partial charge in [-0.2, -0.15) is 0 Å². The first kappa shape index (κ1) is 20.0. The van der Waals surface area contributed by atoms with Crippen molar-refractivity contribution < 1.29 is 9.59 Å².